The predicted octanol–water partition coefficient (Wildman–Crippen LogP) is 1.31. The van der Waals surface area contributed by atoms with E-state index in [4.69, 9.17) is 4.74 Å². The highest BCUT2D eigenvalue weighted by atomic mass is 16.5. The molecule has 0 radical (unpaired) electrons. The van der Waals surface area contributed by atoms with Gasteiger partial charge >= 0.3 is 0 Å². The lowest BCUT2D eigenvalue weighted by molar-refractivity contribution is 0.410. The number of rotatable bonds is 5. The first kappa shape index (κ1) is 16.6. The summed E-state index contributed by atoms with van der Waals surface area (Å²) >= 11 is 0. The molecular formula is C17H20N6O2. The Morgan fingerprint density at radius 3 is 2.84 bits per heavy atom. The molecule has 130 valence electrons. The molecule has 8 heteroatoms. The third kappa shape index (κ3) is 3.79. The molecule has 3 aromatic rings. The molecule has 8 nitrogen and oxygen atoms in total. The highest BCUT2D eigenvalue weighted by molar-refractivity contribution is 5.79. The minimum absolute atomic E-state index is 0.201. The zero-order valence-electron chi connectivity index (χ0n) is 14.1. The molecule has 0 bridgehead atoms. The number of guanidine groups is 1. The molecule has 0 atom stereocenters. The molecule has 1 aromatic carbocycles. The van der Waals surface area contributed by atoms with Gasteiger partial charge in [-0.25, -0.2) is 0 Å². The maximum absolute atomic E-state index is 9.94. The van der Waals surface area contributed by atoms with Gasteiger partial charge in [0.1, 0.15) is 11.5 Å². The van der Waals surface area contributed by atoms with Gasteiger partial charge in [0.25, 0.3) is 0 Å². The number of benzene rings is 1. The topological polar surface area (TPSA) is 96.1 Å². The molecule has 0 aliphatic carbocycles. The van der Waals surface area contributed by atoms with E-state index in [1.807, 2.05) is 28.8 Å². The largest absolute Gasteiger partial charge is 0.508 e. The lowest BCUT2D eigenvalue weighted by Crippen LogP contribution is -2.36. The van der Waals surface area contributed by atoms with Gasteiger partial charge in [0.2, 0.25) is 0 Å². The Balaban J connectivity index is 1.62. The number of hydrogen-bond acceptors (Lipinski definition) is 5. The summed E-state index contributed by atoms with van der Waals surface area (Å²) in [6, 6.07) is 10.8. The average Bonchev–Trinajstić information content (AvgIpc) is 3.06. The van der Waals surface area contributed by atoms with Crippen molar-refractivity contribution in [1.29, 1.82) is 0 Å². The quantitative estimate of drug-likeness (QED) is 0.479. The van der Waals surface area contributed by atoms with E-state index in [1.165, 1.54) is 0 Å². The SMILES string of the molecule is CN=C(NCc1cc(OC)ccc1O)NCc1nnc2ccccn12. The van der Waals surface area contributed by atoms with E-state index >= 15 is 0 Å². The van der Waals surface area contributed by atoms with Crippen LogP contribution in [0.25, 0.3) is 5.65 Å². The van der Waals surface area contributed by atoms with Gasteiger partial charge in [0.05, 0.1) is 13.7 Å². The van der Waals surface area contributed by atoms with Crippen LogP contribution in [0.3, 0.4) is 0 Å². The maximum Gasteiger partial charge on any atom is 0.191 e. The second kappa shape index (κ2) is 7.52. The third-order valence-electron chi connectivity index (χ3n) is 3.75. The first-order valence-corrected chi connectivity index (χ1v) is 7.80. The smallest absolute Gasteiger partial charge is 0.191 e. The molecule has 0 unspecified atom stereocenters. The fourth-order valence-electron chi connectivity index (χ4n) is 2.40. The second-order valence-electron chi connectivity index (χ2n) is 5.32. The molecular weight excluding hydrogens is 320 g/mol. The predicted molar refractivity (Wildman–Crippen MR) is 94.7 cm³/mol. The second-order valence-corrected chi connectivity index (χ2v) is 5.32. The number of nitrogens with zero attached hydrogens (tertiary/aromatic N) is 4. The van der Waals surface area contributed by atoms with Crippen molar-refractivity contribution in [1.82, 2.24) is 25.2 Å². The number of ether oxygens (including phenoxy) is 1. The van der Waals surface area contributed by atoms with Gasteiger partial charge in [0.15, 0.2) is 17.4 Å². The Labute approximate surface area is 145 Å². The van der Waals surface area contributed by atoms with Crippen molar-refractivity contribution in [3.8, 4) is 11.5 Å². The van der Waals surface area contributed by atoms with E-state index in [1.54, 1.807) is 32.4 Å². The Hall–Kier alpha value is -3.29. The Morgan fingerprint density at radius 1 is 1.20 bits per heavy atom. The molecule has 2 heterocycles. The number of aromatic nitrogens is 3. The van der Waals surface area contributed by atoms with Crippen molar-refractivity contribution >= 4 is 11.6 Å². The number of phenolic OH excluding ortho intramolecular Hbond substituents is 1. The first-order chi connectivity index (χ1) is 12.2. The lowest BCUT2D eigenvalue weighted by Gasteiger charge is -2.13. The summed E-state index contributed by atoms with van der Waals surface area (Å²) in [6.07, 6.45) is 1.91. The van der Waals surface area contributed by atoms with Crippen LogP contribution in [-0.4, -0.2) is 39.8 Å². The number of fused-ring (bicyclic) bond motifs is 1. The van der Waals surface area contributed by atoms with Crippen LogP contribution >= 0.6 is 0 Å². The normalized spacial score (nSPS) is 11.5. The standard InChI is InChI=1S/C17H20N6O2/c1-18-17(19-10-12-9-13(25-2)6-7-14(12)24)20-11-16-22-21-15-5-3-4-8-23(15)16/h3-9,24H,10-11H2,1-2H3,(H2,18,19,20). The Kier molecular flexibility index (Phi) is 4.98. The Bertz CT molecular complexity index is 890. The van der Waals surface area contributed by atoms with Gasteiger partial charge in [-0.3, -0.25) is 9.39 Å². The van der Waals surface area contributed by atoms with Crippen LogP contribution < -0.4 is 15.4 Å². The van der Waals surface area contributed by atoms with Crippen LogP contribution in [0.15, 0.2) is 47.6 Å². The summed E-state index contributed by atoms with van der Waals surface area (Å²) < 4.78 is 7.09. The zero-order valence-corrected chi connectivity index (χ0v) is 14.1. The number of pyridine rings is 1. The fourth-order valence-corrected chi connectivity index (χ4v) is 2.40. The van der Waals surface area contributed by atoms with Crippen molar-refractivity contribution in [2.24, 2.45) is 4.99 Å². The zero-order chi connectivity index (χ0) is 17.6. The molecule has 0 saturated carbocycles. The molecule has 3 rings (SSSR count). The summed E-state index contributed by atoms with van der Waals surface area (Å²) in [4.78, 5) is 4.18. The molecule has 0 saturated heterocycles. The van der Waals surface area contributed by atoms with Crippen molar-refractivity contribution in [2.75, 3.05) is 14.2 Å². The van der Waals surface area contributed by atoms with E-state index in [0.29, 0.717) is 24.8 Å². The van der Waals surface area contributed by atoms with Crippen LogP contribution in [0.5, 0.6) is 11.5 Å². The van der Waals surface area contributed by atoms with Gasteiger partial charge in [-0.15, -0.1) is 10.2 Å². The van der Waals surface area contributed by atoms with Crippen molar-refractivity contribution in [2.45, 2.75) is 13.1 Å². The van der Waals surface area contributed by atoms with Crippen LogP contribution in [0.2, 0.25) is 0 Å². The molecule has 0 amide bonds. The number of aliphatic imine (C=N–C) groups is 1. The summed E-state index contributed by atoms with van der Waals surface area (Å²) in [5.74, 6) is 2.26. The van der Waals surface area contributed by atoms with Gasteiger partial charge < -0.3 is 20.5 Å². The monoisotopic (exact) mass is 340 g/mol. The number of phenols is 1. The van der Waals surface area contributed by atoms with Crippen molar-refractivity contribution in [3.05, 3.63) is 54.0 Å². The van der Waals surface area contributed by atoms with Crippen LogP contribution in [-0.2, 0) is 13.1 Å². The van der Waals surface area contributed by atoms with E-state index in [9.17, 15) is 5.11 Å². The molecule has 0 fully saturated rings. The number of hydrogen-bond donors (Lipinski definition) is 3. The van der Waals surface area contributed by atoms with Crippen LogP contribution in [0, 0.1) is 0 Å². The highest BCUT2D eigenvalue weighted by Gasteiger charge is 2.07. The summed E-state index contributed by atoms with van der Waals surface area (Å²) in [5.41, 5.74) is 1.51. The number of nitrogens with one attached hydrogen (secondary N) is 2. The van der Waals surface area contributed by atoms with E-state index in [0.717, 1.165) is 17.0 Å². The van der Waals surface area contributed by atoms with E-state index in [2.05, 4.69) is 25.8 Å². The van der Waals surface area contributed by atoms with Gasteiger partial charge in [0, 0.05) is 25.4 Å². The fraction of sp³-hybridized carbons (Fsp3) is 0.235. The summed E-state index contributed by atoms with van der Waals surface area (Å²) in [6.45, 7) is 0.873. The molecule has 2 aromatic heterocycles. The van der Waals surface area contributed by atoms with E-state index < -0.39 is 0 Å². The van der Waals surface area contributed by atoms with Gasteiger partial charge in [-0.1, -0.05) is 6.07 Å². The molecule has 25 heavy (non-hydrogen) atoms. The molecule has 3 N–H and O–H groups in total. The third-order valence-corrected chi connectivity index (χ3v) is 3.75. The van der Waals surface area contributed by atoms with Crippen molar-refractivity contribution < 1.29 is 9.84 Å². The van der Waals surface area contributed by atoms with E-state index in [-0.39, 0.29) is 5.75 Å². The molecule has 0 aliphatic heterocycles. The maximum atomic E-state index is 9.94. The Morgan fingerprint density at radius 2 is 2.04 bits per heavy atom. The van der Waals surface area contributed by atoms with Gasteiger partial charge in [-0.05, 0) is 30.3 Å². The summed E-state index contributed by atoms with van der Waals surface area (Å²) in [7, 11) is 3.27. The van der Waals surface area contributed by atoms with Crippen LogP contribution in [0.4, 0.5) is 0 Å². The minimum Gasteiger partial charge on any atom is -0.508 e. The lowest BCUT2D eigenvalue weighted by atomic mass is 10.2. The number of aromatic hydroxyl groups is 1. The van der Waals surface area contributed by atoms with Gasteiger partial charge in [-0.2, -0.15) is 0 Å². The van der Waals surface area contributed by atoms with Crippen molar-refractivity contribution in [3.63, 3.8) is 0 Å². The average molecular weight is 340 g/mol. The van der Waals surface area contributed by atoms with Crippen LogP contribution in [0.1, 0.15) is 11.4 Å². The minimum atomic E-state index is 0.201. The highest BCUT2D eigenvalue weighted by Crippen LogP contribution is 2.22. The molecule has 0 aliphatic rings. The number of methoxy groups -OCH3 is 1. The summed E-state index contributed by atoms with van der Waals surface area (Å²) in [5, 5.41) is 24.6. The molecule has 0 spiro atoms. The first-order valence-electron chi connectivity index (χ1n) is 7.80.